The molecule has 1 heterocycles. The molecule has 0 atom stereocenters. The van der Waals surface area contributed by atoms with Crippen LogP contribution in [0.1, 0.15) is 58.5 Å². The number of benzene rings is 1. The molecule has 1 aromatic carbocycles. The summed E-state index contributed by atoms with van der Waals surface area (Å²) in [5, 5.41) is 2.97. The number of anilines is 1. The molecular weight excluding hydrogens is 326 g/mol. The minimum atomic E-state index is -0.257. The van der Waals surface area contributed by atoms with E-state index in [1.165, 1.54) is 12.4 Å². The Morgan fingerprint density at radius 3 is 2.58 bits per heavy atom. The summed E-state index contributed by atoms with van der Waals surface area (Å²) in [5.74, 6) is -0.377. The van der Waals surface area contributed by atoms with Crippen molar-refractivity contribution in [3.63, 3.8) is 0 Å². The van der Waals surface area contributed by atoms with Gasteiger partial charge in [0.2, 0.25) is 0 Å². The standard InChI is InChI=1S/C21H27N3O2/c1-5-7-11-24(4)21(26)18-12-17(13-22-14-18)20(25)23-19-15(3)9-8-10-16(19)6-2/h8-10,12-14H,5-7,11H2,1-4H3,(H,23,25). The maximum atomic E-state index is 12.7. The van der Waals surface area contributed by atoms with Gasteiger partial charge in [-0.25, -0.2) is 0 Å². The van der Waals surface area contributed by atoms with E-state index >= 15 is 0 Å². The van der Waals surface area contributed by atoms with E-state index in [2.05, 4.69) is 24.1 Å². The fraction of sp³-hybridized carbons (Fsp3) is 0.381. The van der Waals surface area contributed by atoms with E-state index < -0.39 is 0 Å². The van der Waals surface area contributed by atoms with Crippen molar-refractivity contribution in [2.45, 2.75) is 40.0 Å². The number of hydrogen-bond acceptors (Lipinski definition) is 3. The van der Waals surface area contributed by atoms with Crippen molar-refractivity contribution in [2.75, 3.05) is 18.9 Å². The minimum Gasteiger partial charge on any atom is -0.342 e. The molecule has 0 saturated carbocycles. The van der Waals surface area contributed by atoms with E-state index in [0.29, 0.717) is 17.7 Å². The molecule has 0 radical (unpaired) electrons. The molecule has 0 saturated heterocycles. The molecule has 0 aliphatic carbocycles. The van der Waals surface area contributed by atoms with Gasteiger partial charge in [-0.15, -0.1) is 0 Å². The highest BCUT2D eigenvalue weighted by molar-refractivity contribution is 6.06. The first kappa shape index (κ1) is 19.6. The lowest BCUT2D eigenvalue weighted by Gasteiger charge is -2.17. The van der Waals surface area contributed by atoms with Crippen LogP contribution in [0.5, 0.6) is 0 Å². The van der Waals surface area contributed by atoms with E-state index in [0.717, 1.165) is 36.1 Å². The Balaban J connectivity index is 2.20. The summed E-state index contributed by atoms with van der Waals surface area (Å²) >= 11 is 0. The van der Waals surface area contributed by atoms with Crippen LogP contribution in [0, 0.1) is 6.92 Å². The van der Waals surface area contributed by atoms with Crippen LogP contribution in [0.2, 0.25) is 0 Å². The fourth-order valence-electron chi connectivity index (χ4n) is 2.79. The molecule has 5 nitrogen and oxygen atoms in total. The largest absolute Gasteiger partial charge is 0.342 e. The number of aryl methyl sites for hydroxylation is 2. The Kier molecular flexibility index (Phi) is 6.89. The first-order valence-corrected chi connectivity index (χ1v) is 9.08. The van der Waals surface area contributed by atoms with Crippen molar-refractivity contribution in [1.29, 1.82) is 0 Å². The summed E-state index contributed by atoms with van der Waals surface area (Å²) in [6, 6.07) is 7.56. The number of amides is 2. The highest BCUT2D eigenvalue weighted by atomic mass is 16.2. The molecule has 0 aliphatic heterocycles. The highest BCUT2D eigenvalue weighted by Crippen LogP contribution is 2.22. The van der Waals surface area contributed by atoms with E-state index in [9.17, 15) is 9.59 Å². The molecule has 2 amide bonds. The molecule has 0 unspecified atom stereocenters. The lowest BCUT2D eigenvalue weighted by Crippen LogP contribution is -2.28. The predicted octanol–water partition coefficient (Wildman–Crippen LogP) is 4.08. The van der Waals surface area contributed by atoms with Crippen LogP contribution >= 0.6 is 0 Å². The van der Waals surface area contributed by atoms with Crippen LogP contribution in [0.15, 0.2) is 36.7 Å². The second kappa shape index (κ2) is 9.13. The first-order chi connectivity index (χ1) is 12.5. The Morgan fingerprint density at radius 1 is 1.15 bits per heavy atom. The average molecular weight is 353 g/mol. The van der Waals surface area contributed by atoms with E-state index in [-0.39, 0.29) is 11.8 Å². The number of aromatic nitrogens is 1. The summed E-state index contributed by atoms with van der Waals surface area (Å²) in [6.45, 7) is 6.79. The van der Waals surface area contributed by atoms with Gasteiger partial charge in [0.25, 0.3) is 11.8 Å². The van der Waals surface area contributed by atoms with Gasteiger partial charge in [-0.3, -0.25) is 14.6 Å². The molecule has 1 aromatic heterocycles. The number of hydrogen-bond donors (Lipinski definition) is 1. The molecular formula is C21H27N3O2. The van der Waals surface area contributed by atoms with Gasteiger partial charge < -0.3 is 10.2 Å². The van der Waals surface area contributed by atoms with Gasteiger partial charge in [0, 0.05) is 31.7 Å². The zero-order valence-corrected chi connectivity index (χ0v) is 16.0. The lowest BCUT2D eigenvalue weighted by atomic mass is 10.1. The molecule has 0 aliphatic rings. The van der Waals surface area contributed by atoms with E-state index in [4.69, 9.17) is 0 Å². The Bertz CT molecular complexity index is 787. The normalized spacial score (nSPS) is 10.5. The van der Waals surface area contributed by atoms with Crippen LogP contribution in [-0.2, 0) is 6.42 Å². The number of unbranched alkanes of at least 4 members (excludes halogenated alkanes) is 1. The van der Waals surface area contributed by atoms with Crippen LogP contribution in [0.3, 0.4) is 0 Å². The Hall–Kier alpha value is -2.69. The maximum absolute atomic E-state index is 12.7. The number of pyridine rings is 1. The summed E-state index contributed by atoms with van der Waals surface area (Å²) in [7, 11) is 1.77. The number of carbonyl (C=O) groups is 2. The van der Waals surface area contributed by atoms with Gasteiger partial charge in [-0.1, -0.05) is 38.5 Å². The monoisotopic (exact) mass is 353 g/mol. The molecule has 5 heteroatoms. The average Bonchev–Trinajstić information content (AvgIpc) is 2.67. The molecule has 138 valence electrons. The van der Waals surface area contributed by atoms with Crippen molar-refractivity contribution in [1.82, 2.24) is 9.88 Å². The fourth-order valence-corrected chi connectivity index (χ4v) is 2.79. The molecule has 2 aromatic rings. The van der Waals surface area contributed by atoms with Crippen LogP contribution in [-0.4, -0.2) is 35.3 Å². The summed E-state index contributed by atoms with van der Waals surface area (Å²) < 4.78 is 0. The second-order valence-corrected chi connectivity index (χ2v) is 6.46. The van der Waals surface area contributed by atoms with Crippen LogP contribution in [0.4, 0.5) is 5.69 Å². The maximum Gasteiger partial charge on any atom is 0.257 e. The highest BCUT2D eigenvalue weighted by Gasteiger charge is 2.16. The first-order valence-electron chi connectivity index (χ1n) is 9.08. The minimum absolute atomic E-state index is 0.120. The van der Waals surface area contributed by atoms with E-state index in [1.54, 1.807) is 18.0 Å². The SMILES string of the molecule is CCCCN(C)C(=O)c1cncc(C(=O)Nc2c(C)cccc2CC)c1. The van der Waals surface area contributed by atoms with Gasteiger partial charge in [0.1, 0.15) is 0 Å². The molecule has 0 bridgehead atoms. The van der Waals surface area contributed by atoms with Gasteiger partial charge in [0.15, 0.2) is 0 Å². The third-order valence-corrected chi connectivity index (χ3v) is 4.42. The van der Waals surface area contributed by atoms with Gasteiger partial charge in [-0.05, 0) is 37.0 Å². The molecule has 2 rings (SSSR count). The number of rotatable bonds is 7. The van der Waals surface area contributed by atoms with Gasteiger partial charge >= 0.3 is 0 Å². The van der Waals surface area contributed by atoms with Crippen molar-refractivity contribution >= 4 is 17.5 Å². The van der Waals surface area contributed by atoms with E-state index in [1.807, 2.05) is 25.1 Å². The number of para-hydroxylation sites is 1. The lowest BCUT2D eigenvalue weighted by molar-refractivity contribution is 0.0793. The molecule has 0 spiro atoms. The van der Waals surface area contributed by atoms with Crippen molar-refractivity contribution in [3.8, 4) is 0 Å². The van der Waals surface area contributed by atoms with Crippen LogP contribution < -0.4 is 5.32 Å². The Morgan fingerprint density at radius 2 is 1.88 bits per heavy atom. The molecule has 26 heavy (non-hydrogen) atoms. The van der Waals surface area contributed by atoms with Crippen LogP contribution in [0.25, 0.3) is 0 Å². The predicted molar refractivity (Wildman–Crippen MR) is 105 cm³/mol. The number of nitrogens with one attached hydrogen (secondary N) is 1. The third kappa shape index (κ3) is 4.69. The second-order valence-electron chi connectivity index (χ2n) is 6.46. The molecule has 1 N–H and O–H groups in total. The summed E-state index contributed by atoms with van der Waals surface area (Å²) in [5.41, 5.74) is 3.73. The van der Waals surface area contributed by atoms with Crippen molar-refractivity contribution < 1.29 is 9.59 Å². The van der Waals surface area contributed by atoms with Gasteiger partial charge in [-0.2, -0.15) is 0 Å². The van der Waals surface area contributed by atoms with Crippen molar-refractivity contribution in [3.05, 3.63) is 58.9 Å². The summed E-state index contributed by atoms with van der Waals surface area (Å²) in [6.07, 6.45) is 5.79. The smallest absolute Gasteiger partial charge is 0.257 e. The quantitative estimate of drug-likeness (QED) is 0.816. The third-order valence-electron chi connectivity index (χ3n) is 4.42. The molecule has 0 fully saturated rings. The topological polar surface area (TPSA) is 62.3 Å². The summed E-state index contributed by atoms with van der Waals surface area (Å²) in [4.78, 5) is 30.9. The number of nitrogens with zero attached hydrogens (tertiary/aromatic N) is 2. The number of carbonyl (C=O) groups excluding carboxylic acids is 2. The zero-order valence-electron chi connectivity index (χ0n) is 16.0. The Labute approximate surface area is 155 Å². The van der Waals surface area contributed by atoms with Gasteiger partial charge in [0.05, 0.1) is 11.1 Å². The van der Waals surface area contributed by atoms with Crippen molar-refractivity contribution in [2.24, 2.45) is 0 Å². The zero-order chi connectivity index (χ0) is 19.1.